The molecular formula is C13H17NO4. The molecule has 0 amide bonds. The van der Waals surface area contributed by atoms with E-state index in [1.54, 1.807) is 6.08 Å². The molecule has 0 aromatic rings. The van der Waals surface area contributed by atoms with E-state index in [-0.39, 0.29) is 18.0 Å². The zero-order valence-corrected chi connectivity index (χ0v) is 10.6. The minimum atomic E-state index is -0.633. The quantitative estimate of drug-likeness (QED) is 0.195. The number of hydrogen-bond acceptors (Lipinski definition) is 5. The van der Waals surface area contributed by atoms with Crippen molar-refractivity contribution in [2.45, 2.75) is 26.7 Å². The SMILES string of the molecule is C=CCONC(CC)=C1C(=O)C=C(CC)OC1=O. The Hall–Kier alpha value is -1.88. The van der Waals surface area contributed by atoms with Gasteiger partial charge >= 0.3 is 5.97 Å². The summed E-state index contributed by atoms with van der Waals surface area (Å²) in [6.45, 7) is 7.40. The molecule has 0 aromatic heterocycles. The predicted molar refractivity (Wildman–Crippen MR) is 66.1 cm³/mol. The third-order valence-electron chi connectivity index (χ3n) is 2.37. The van der Waals surface area contributed by atoms with Gasteiger partial charge < -0.3 is 4.74 Å². The Balaban J connectivity index is 2.96. The maximum Gasteiger partial charge on any atom is 0.349 e. The molecule has 1 aliphatic heterocycles. The van der Waals surface area contributed by atoms with E-state index in [0.717, 1.165) is 0 Å². The highest BCUT2D eigenvalue weighted by molar-refractivity contribution is 6.24. The first kappa shape index (κ1) is 14.2. The second kappa shape index (κ2) is 6.76. The number of esters is 1. The molecule has 5 heteroatoms. The summed E-state index contributed by atoms with van der Waals surface area (Å²) in [4.78, 5) is 28.6. The Labute approximate surface area is 106 Å². The summed E-state index contributed by atoms with van der Waals surface area (Å²) >= 11 is 0. The first-order valence-electron chi connectivity index (χ1n) is 5.82. The molecular weight excluding hydrogens is 234 g/mol. The number of ether oxygens (including phenoxy) is 1. The molecule has 1 N–H and O–H groups in total. The Bertz CT molecular complexity index is 421. The lowest BCUT2D eigenvalue weighted by Gasteiger charge is -2.17. The Morgan fingerprint density at radius 2 is 2.22 bits per heavy atom. The fourth-order valence-corrected chi connectivity index (χ4v) is 1.45. The molecule has 0 saturated carbocycles. The van der Waals surface area contributed by atoms with Gasteiger partial charge in [0.25, 0.3) is 0 Å². The van der Waals surface area contributed by atoms with Crippen LogP contribution in [0, 0.1) is 0 Å². The van der Waals surface area contributed by atoms with E-state index in [9.17, 15) is 9.59 Å². The highest BCUT2D eigenvalue weighted by Crippen LogP contribution is 2.19. The molecule has 18 heavy (non-hydrogen) atoms. The van der Waals surface area contributed by atoms with Gasteiger partial charge in [0.05, 0.1) is 12.3 Å². The maximum atomic E-state index is 11.9. The molecule has 0 spiro atoms. The summed E-state index contributed by atoms with van der Waals surface area (Å²) in [5.74, 6) is -0.600. The minimum Gasteiger partial charge on any atom is -0.427 e. The highest BCUT2D eigenvalue weighted by atomic mass is 16.6. The van der Waals surface area contributed by atoms with Crippen LogP contribution in [0.1, 0.15) is 26.7 Å². The fourth-order valence-electron chi connectivity index (χ4n) is 1.45. The van der Waals surface area contributed by atoms with Crippen molar-refractivity contribution in [2.75, 3.05) is 6.61 Å². The van der Waals surface area contributed by atoms with Crippen LogP contribution in [0.4, 0.5) is 0 Å². The van der Waals surface area contributed by atoms with E-state index in [2.05, 4.69) is 12.1 Å². The summed E-state index contributed by atoms with van der Waals surface area (Å²) in [6.07, 6.45) is 3.86. The van der Waals surface area contributed by atoms with Gasteiger partial charge in [0.1, 0.15) is 11.3 Å². The van der Waals surface area contributed by atoms with Gasteiger partial charge in [-0.3, -0.25) is 15.1 Å². The molecule has 1 heterocycles. The molecule has 1 aliphatic rings. The molecule has 0 atom stereocenters. The maximum absolute atomic E-state index is 11.9. The Kier molecular flexibility index (Phi) is 5.32. The van der Waals surface area contributed by atoms with E-state index in [1.165, 1.54) is 6.08 Å². The van der Waals surface area contributed by atoms with Crippen LogP contribution in [0.3, 0.4) is 0 Å². The van der Waals surface area contributed by atoms with Crippen molar-refractivity contribution in [3.8, 4) is 0 Å². The number of carbonyl (C=O) groups excluding carboxylic acids is 2. The first-order valence-corrected chi connectivity index (χ1v) is 5.82. The van der Waals surface area contributed by atoms with Gasteiger partial charge in [-0.1, -0.05) is 19.9 Å². The van der Waals surface area contributed by atoms with Crippen LogP contribution < -0.4 is 5.48 Å². The molecule has 98 valence electrons. The molecule has 0 bridgehead atoms. The number of hydroxylamine groups is 1. The molecule has 0 unspecified atom stereocenters. The van der Waals surface area contributed by atoms with Crippen LogP contribution >= 0.6 is 0 Å². The largest absolute Gasteiger partial charge is 0.427 e. The van der Waals surface area contributed by atoms with E-state index < -0.39 is 5.97 Å². The summed E-state index contributed by atoms with van der Waals surface area (Å²) < 4.78 is 5.04. The van der Waals surface area contributed by atoms with Gasteiger partial charge in [-0.25, -0.2) is 4.79 Å². The van der Waals surface area contributed by atoms with Gasteiger partial charge in [-0.2, -0.15) is 0 Å². The number of cyclic esters (lactones) is 1. The van der Waals surface area contributed by atoms with E-state index >= 15 is 0 Å². The topological polar surface area (TPSA) is 64.6 Å². The van der Waals surface area contributed by atoms with E-state index in [0.29, 0.717) is 24.3 Å². The molecule has 1 rings (SSSR count). The van der Waals surface area contributed by atoms with Gasteiger partial charge in [0.15, 0.2) is 5.78 Å². The number of hydrogen-bond donors (Lipinski definition) is 1. The summed E-state index contributed by atoms with van der Waals surface area (Å²) in [5, 5.41) is 0. The van der Waals surface area contributed by atoms with Crippen molar-refractivity contribution >= 4 is 11.8 Å². The second-order valence-electron chi connectivity index (χ2n) is 3.63. The lowest BCUT2D eigenvalue weighted by molar-refractivity contribution is -0.138. The van der Waals surface area contributed by atoms with Crippen LogP contribution in [0.15, 0.2) is 35.8 Å². The second-order valence-corrected chi connectivity index (χ2v) is 3.63. The number of allylic oxidation sites excluding steroid dienone is 3. The zero-order valence-electron chi connectivity index (χ0n) is 10.6. The van der Waals surface area contributed by atoms with Crippen LogP contribution in [-0.4, -0.2) is 18.4 Å². The number of rotatable bonds is 6. The number of ketones is 1. The van der Waals surface area contributed by atoms with Crippen molar-refractivity contribution in [3.63, 3.8) is 0 Å². The lowest BCUT2D eigenvalue weighted by Crippen LogP contribution is -2.27. The van der Waals surface area contributed by atoms with Crippen molar-refractivity contribution in [1.82, 2.24) is 5.48 Å². The number of carbonyl (C=O) groups is 2. The van der Waals surface area contributed by atoms with Crippen molar-refractivity contribution in [3.05, 3.63) is 35.8 Å². The fraction of sp³-hybridized carbons (Fsp3) is 0.385. The van der Waals surface area contributed by atoms with Gasteiger partial charge in [-0.15, -0.1) is 6.58 Å². The summed E-state index contributed by atoms with van der Waals surface area (Å²) in [5.41, 5.74) is 3.01. The van der Waals surface area contributed by atoms with Crippen LogP contribution in [0.25, 0.3) is 0 Å². The van der Waals surface area contributed by atoms with E-state index in [4.69, 9.17) is 9.57 Å². The standard InChI is InChI=1S/C13H17NO4/c1-4-7-17-14-10(6-3)12-11(15)8-9(5-2)18-13(12)16/h4,8,14H,1,5-7H2,2-3H3. The average Bonchev–Trinajstić information content (AvgIpc) is 2.35. The van der Waals surface area contributed by atoms with Crippen LogP contribution in [0.2, 0.25) is 0 Å². The Morgan fingerprint density at radius 3 is 2.72 bits per heavy atom. The van der Waals surface area contributed by atoms with Crippen molar-refractivity contribution < 1.29 is 19.2 Å². The highest BCUT2D eigenvalue weighted by Gasteiger charge is 2.28. The third-order valence-corrected chi connectivity index (χ3v) is 2.37. The minimum absolute atomic E-state index is 0.00115. The first-order chi connectivity index (χ1) is 8.63. The lowest BCUT2D eigenvalue weighted by atomic mass is 10.0. The van der Waals surface area contributed by atoms with Crippen molar-refractivity contribution in [1.29, 1.82) is 0 Å². The smallest absolute Gasteiger partial charge is 0.349 e. The molecule has 5 nitrogen and oxygen atoms in total. The summed E-state index contributed by atoms with van der Waals surface area (Å²) in [6, 6.07) is 0. The Morgan fingerprint density at radius 1 is 1.50 bits per heavy atom. The molecule has 0 fully saturated rings. The van der Waals surface area contributed by atoms with Crippen molar-refractivity contribution in [2.24, 2.45) is 0 Å². The normalized spacial score (nSPS) is 18.0. The van der Waals surface area contributed by atoms with Gasteiger partial charge in [0.2, 0.25) is 0 Å². The van der Waals surface area contributed by atoms with E-state index in [1.807, 2.05) is 13.8 Å². The van der Waals surface area contributed by atoms with Gasteiger partial charge in [0, 0.05) is 12.5 Å². The monoisotopic (exact) mass is 251 g/mol. The molecule has 0 radical (unpaired) electrons. The third kappa shape index (κ3) is 3.30. The van der Waals surface area contributed by atoms with Gasteiger partial charge in [-0.05, 0) is 6.42 Å². The number of nitrogens with one attached hydrogen (secondary N) is 1. The molecule has 0 saturated heterocycles. The summed E-state index contributed by atoms with van der Waals surface area (Å²) in [7, 11) is 0. The predicted octanol–water partition coefficient (Wildman–Crippen LogP) is 1.78. The van der Waals surface area contributed by atoms with Crippen LogP contribution in [-0.2, 0) is 19.2 Å². The molecule has 0 aliphatic carbocycles. The van der Waals surface area contributed by atoms with Crippen LogP contribution in [0.5, 0.6) is 0 Å². The average molecular weight is 251 g/mol. The zero-order chi connectivity index (χ0) is 13.5. The molecule has 0 aromatic carbocycles.